The number of carbonyl (C=O) groups is 2. The van der Waals surface area contributed by atoms with Gasteiger partial charge >= 0.3 is 0 Å². The summed E-state index contributed by atoms with van der Waals surface area (Å²) in [6.07, 6.45) is 2.52. The summed E-state index contributed by atoms with van der Waals surface area (Å²) in [6.45, 7) is 4.78. The topological polar surface area (TPSA) is 49.4 Å². The lowest BCUT2D eigenvalue weighted by Gasteiger charge is -2.17. The van der Waals surface area contributed by atoms with Crippen LogP contribution in [0, 0.1) is 11.8 Å². The highest BCUT2D eigenvalue weighted by Crippen LogP contribution is 2.42. The van der Waals surface area contributed by atoms with Crippen molar-refractivity contribution < 1.29 is 9.59 Å². The Kier molecular flexibility index (Phi) is 3.70. The molecule has 3 atom stereocenters. The minimum atomic E-state index is -0.126. The second-order valence-corrected chi connectivity index (χ2v) is 6.14. The molecule has 1 aliphatic heterocycles. The quantitative estimate of drug-likeness (QED) is 0.921. The van der Waals surface area contributed by atoms with Crippen molar-refractivity contribution in [1.82, 2.24) is 5.32 Å². The Bertz CT molecular complexity index is 570. The third kappa shape index (κ3) is 2.67. The molecule has 3 rings (SSSR count). The Morgan fingerprint density at radius 2 is 2.10 bits per heavy atom. The maximum absolute atomic E-state index is 12.6. The summed E-state index contributed by atoms with van der Waals surface area (Å²) in [6, 6.07) is 8.22. The largest absolute Gasteiger partial charge is 0.353 e. The highest BCUT2D eigenvalue weighted by atomic mass is 16.2. The monoisotopic (exact) mass is 286 g/mol. The van der Waals surface area contributed by atoms with Gasteiger partial charge in [-0.05, 0) is 37.8 Å². The molecule has 4 heteroatoms. The first kappa shape index (κ1) is 14.1. The van der Waals surface area contributed by atoms with E-state index in [9.17, 15) is 9.59 Å². The zero-order valence-electron chi connectivity index (χ0n) is 12.6. The third-order valence-electron chi connectivity index (χ3n) is 4.60. The van der Waals surface area contributed by atoms with Crippen LogP contribution in [0.2, 0.25) is 0 Å². The number of benzene rings is 1. The lowest BCUT2D eigenvalue weighted by atomic mass is 10.2. The molecule has 0 bridgehead atoms. The molecule has 2 amide bonds. The van der Waals surface area contributed by atoms with Crippen molar-refractivity contribution in [3.63, 3.8) is 0 Å². The number of rotatable bonds is 4. The van der Waals surface area contributed by atoms with Crippen LogP contribution in [0.4, 0.5) is 5.69 Å². The smallest absolute Gasteiger partial charge is 0.230 e. The number of para-hydroxylation sites is 1. The Balaban J connectivity index is 1.63. The second-order valence-electron chi connectivity index (χ2n) is 6.14. The van der Waals surface area contributed by atoms with Crippen LogP contribution in [0.25, 0.3) is 0 Å². The number of hydrogen-bond acceptors (Lipinski definition) is 2. The van der Waals surface area contributed by atoms with E-state index in [1.54, 1.807) is 0 Å². The van der Waals surface area contributed by atoms with Gasteiger partial charge < -0.3 is 10.2 Å². The van der Waals surface area contributed by atoms with Crippen molar-refractivity contribution in [3.8, 4) is 0 Å². The molecule has 4 nitrogen and oxygen atoms in total. The standard InChI is InChI=1S/C17H22N2O2/c1-3-11(2)18-16(20)13-10-14(13)17(21)19-9-8-12-6-4-5-7-15(12)19/h4-7,11,13-14H,3,8-10H2,1-2H3,(H,18,20). The van der Waals surface area contributed by atoms with Gasteiger partial charge in [-0.15, -0.1) is 0 Å². The molecule has 2 aliphatic rings. The number of amides is 2. The predicted molar refractivity (Wildman–Crippen MR) is 82.0 cm³/mol. The number of nitrogens with one attached hydrogen (secondary N) is 1. The summed E-state index contributed by atoms with van der Waals surface area (Å²) in [5, 5.41) is 2.98. The second kappa shape index (κ2) is 5.51. The van der Waals surface area contributed by atoms with Gasteiger partial charge in [-0.3, -0.25) is 9.59 Å². The summed E-state index contributed by atoms with van der Waals surface area (Å²) in [5.41, 5.74) is 2.25. The summed E-state index contributed by atoms with van der Waals surface area (Å²) in [4.78, 5) is 26.5. The molecule has 3 unspecified atom stereocenters. The first-order valence-electron chi connectivity index (χ1n) is 7.81. The van der Waals surface area contributed by atoms with Gasteiger partial charge in [0.1, 0.15) is 0 Å². The lowest BCUT2D eigenvalue weighted by molar-refractivity contribution is -0.126. The molecule has 21 heavy (non-hydrogen) atoms. The van der Waals surface area contributed by atoms with Gasteiger partial charge in [0.05, 0.1) is 11.8 Å². The minimum Gasteiger partial charge on any atom is -0.353 e. The van der Waals surface area contributed by atoms with Gasteiger partial charge in [-0.25, -0.2) is 0 Å². The number of carbonyl (C=O) groups excluding carboxylic acids is 2. The molecule has 0 aromatic heterocycles. The Morgan fingerprint density at radius 3 is 2.86 bits per heavy atom. The summed E-state index contributed by atoms with van der Waals surface area (Å²) >= 11 is 0. The maximum Gasteiger partial charge on any atom is 0.230 e. The fraction of sp³-hybridized carbons (Fsp3) is 0.529. The van der Waals surface area contributed by atoms with Crippen LogP contribution >= 0.6 is 0 Å². The molecule has 112 valence electrons. The molecule has 1 N–H and O–H groups in total. The van der Waals surface area contributed by atoms with Crippen molar-refractivity contribution in [2.75, 3.05) is 11.4 Å². The fourth-order valence-corrected chi connectivity index (χ4v) is 2.98. The van der Waals surface area contributed by atoms with Crippen LogP contribution in [0.3, 0.4) is 0 Å². The Labute approximate surface area is 125 Å². The average Bonchev–Trinajstić information content (AvgIpc) is 3.19. The van der Waals surface area contributed by atoms with E-state index in [1.165, 1.54) is 5.56 Å². The molecular weight excluding hydrogens is 264 g/mol. The van der Waals surface area contributed by atoms with E-state index in [2.05, 4.69) is 11.4 Å². The molecule has 1 aliphatic carbocycles. The van der Waals surface area contributed by atoms with E-state index in [4.69, 9.17) is 0 Å². The maximum atomic E-state index is 12.6. The van der Waals surface area contributed by atoms with Crippen molar-refractivity contribution >= 4 is 17.5 Å². The molecule has 1 heterocycles. The van der Waals surface area contributed by atoms with Crippen molar-refractivity contribution in [2.45, 2.75) is 39.2 Å². The van der Waals surface area contributed by atoms with Gasteiger partial charge in [0.15, 0.2) is 0 Å². The van der Waals surface area contributed by atoms with Crippen LogP contribution in [0.15, 0.2) is 24.3 Å². The number of nitrogens with zero attached hydrogens (tertiary/aromatic N) is 1. The minimum absolute atomic E-state index is 0.0372. The highest BCUT2D eigenvalue weighted by molar-refractivity contribution is 6.02. The molecule has 1 fully saturated rings. The van der Waals surface area contributed by atoms with Gasteiger partial charge in [0, 0.05) is 18.3 Å². The zero-order chi connectivity index (χ0) is 15.0. The van der Waals surface area contributed by atoms with Crippen molar-refractivity contribution in [3.05, 3.63) is 29.8 Å². The normalized spacial score (nSPS) is 24.4. The van der Waals surface area contributed by atoms with Crippen LogP contribution in [0.5, 0.6) is 0 Å². The SMILES string of the molecule is CCC(C)NC(=O)C1CC1C(=O)N1CCc2ccccc21. The number of hydrogen-bond donors (Lipinski definition) is 1. The van der Waals surface area contributed by atoms with Crippen LogP contribution in [-0.2, 0) is 16.0 Å². The molecule has 1 aromatic carbocycles. The molecular formula is C17H22N2O2. The van der Waals surface area contributed by atoms with E-state index in [0.717, 1.165) is 25.1 Å². The Hall–Kier alpha value is -1.84. The summed E-state index contributed by atoms with van der Waals surface area (Å²) in [5.74, 6) is -0.0982. The van der Waals surface area contributed by atoms with Gasteiger partial charge in [-0.2, -0.15) is 0 Å². The van der Waals surface area contributed by atoms with E-state index in [0.29, 0.717) is 6.42 Å². The van der Waals surface area contributed by atoms with Crippen molar-refractivity contribution in [1.29, 1.82) is 0 Å². The van der Waals surface area contributed by atoms with E-state index < -0.39 is 0 Å². The van der Waals surface area contributed by atoms with E-state index in [-0.39, 0.29) is 29.7 Å². The number of anilines is 1. The predicted octanol–water partition coefficient (Wildman–Crippen LogP) is 2.13. The first-order valence-corrected chi connectivity index (χ1v) is 7.81. The van der Waals surface area contributed by atoms with Crippen LogP contribution < -0.4 is 10.2 Å². The van der Waals surface area contributed by atoms with E-state index in [1.807, 2.05) is 36.9 Å². The zero-order valence-corrected chi connectivity index (χ0v) is 12.6. The molecule has 1 aromatic rings. The van der Waals surface area contributed by atoms with Gasteiger partial charge in [-0.1, -0.05) is 25.1 Å². The molecule has 0 spiro atoms. The average molecular weight is 286 g/mol. The molecule has 1 saturated carbocycles. The van der Waals surface area contributed by atoms with Crippen LogP contribution in [0.1, 0.15) is 32.3 Å². The number of fused-ring (bicyclic) bond motifs is 1. The Morgan fingerprint density at radius 1 is 1.33 bits per heavy atom. The van der Waals surface area contributed by atoms with Crippen LogP contribution in [-0.4, -0.2) is 24.4 Å². The van der Waals surface area contributed by atoms with Crippen molar-refractivity contribution in [2.24, 2.45) is 11.8 Å². The highest BCUT2D eigenvalue weighted by Gasteiger charge is 2.50. The van der Waals surface area contributed by atoms with E-state index >= 15 is 0 Å². The first-order chi connectivity index (χ1) is 10.1. The van der Waals surface area contributed by atoms with Gasteiger partial charge in [0.2, 0.25) is 11.8 Å². The summed E-state index contributed by atoms with van der Waals surface area (Å²) in [7, 11) is 0. The lowest BCUT2D eigenvalue weighted by Crippen LogP contribution is -2.36. The van der Waals surface area contributed by atoms with Gasteiger partial charge in [0.25, 0.3) is 0 Å². The summed E-state index contributed by atoms with van der Waals surface area (Å²) < 4.78 is 0. The third-order valence-corrected chi connectivity index (χ3v) is 4.60. The molecule has 0 radical (unpaired) electrons. The fourth-order valence-electron chi connectivity index (χ4n) is 2.98. The molecule has 0 saturated heterocycles.